The minimum absolute atomic E-state index is 0.373. The zero-order valence-corrected chi connectivity index (χ0v) is 12.7. The van der Waals surface area contributed by atoms with Gasteiger partial charge in [0.05, 0.1) is 10.7 Å². The van der Waals surface area contributed by atoms with Gasteiger partial charge in [-0.15, -0.1) is 0 Å². The smallest absolute Gasteiger partial charge is 0.136 e. The van der Waals surface area contributed by atoms with Crippen molar-refractivity contribution in [2.75, 3.05) is 10.6 Å². The molecule has 4 nitrogen and oxygen atoms in total. The Morgan fingerprint density at radius 2 is 1.90 bits per heavy atom. The number of aryl methyl sites for hydroxylation is 1. The number of rotatable bonds is 5. The third kappa shape index (κ3) is 3.84. The van der Waals surface area contributed by atoms with Crippen LogP contribution >= 0.6 is 11.6 Å². The first-order chi connectivity index (χ1) is 9.58. The standard InChI is InChI=1S/C15H19ClN4/c1-4-10(2)17-14-9-15(19-11(3)18-14)20-13-8-6-5-7-12(13)16/h5-10H,4H2,1-3H3,(H2,17,18,19,20). The molecule has 0 saturated heterocycles. The van der Waals surface area contributed by atoms with Crippen LogP contribution in [0.3, 0.4) is 0 Å². The van der Waals surface area contributed by atoms with Crippen molar-refractivity contribution in [2.45, 2.75) is 33.2 Å². The van der Waals surface area contributed by atoms with Crippen molar-refractivity contribution in [3.8, 4) is 0 Å². The van der Waals surface area contributed by atoms with Gasteiger partial charge in [-0.1, -0.05) is 30.7 Å². The lowest BCUT2D eigenvalue weighted by atomic mass is 10.2. The topological polar surface area (TPSA) is 49.8 Å². The van der Waals surface area contributed by atoms with E-state index >= 15 is 0 Å². The fourth-order valence-electron chi connectivity index (χ4n) is 1.76. The summed E-state index contributed by atoms with van der Waals surface area (Å²) in [6.45, 7) is 6.13. The molecule has 0 spiro atoms. The lowest BCUT2D eigenvalue weighted by molar-refractivity contribution is 0.757. The van der Waals surface area contributed by atoms with Gasteiger partial charge >= 0.3 is 0 Å². The van der Waals surface area contributed by atoms with Crippen molar-refractivity contribution in [1.82, 2.24) is 9.97 Å². The first kappa shape index (κ1) is 14.6. The molecule has 1 aromatic carbocycles. The second kappa shape index (κ2) is 6.57. The Morgan fingerprint density at radius 1 is 1.20 bits per heavy atom. The number of hydrogen-bond donors (Lipinski definition) is 2. The number of aromatic nitrogens is 2. The van der Waals surface area contributed by atoms with Gasteiger partial charge in [-0.25, -0.2) is 9.97 Å². The van der Waals surface area contributed by atoms with Gasteiger partial charge in [0.2, 0.25) is 0 Å². The third-order valence-corrected chi connectivity index (χ3v) is 3.31. The van der Waals surface area contributed by atoms with E-state index in [2.05, 4.69) is 34.4 Å². The summed E-state index contributed by atoms with van der Waals surface area (Å²) < 4.78 is 0. The molecule has 0 aliphatic rings. The van der Waals surface area contributed by atoms with Crippen molar-refractivity contribution in [1.29, 1.82) is 0 Å². The highest BCUT2D eigenvalue weighted by molar-refractivity contribution is 6.33. The average Bonchev–Trinajstić information content (AvgIpc) is 2.40. The second-order valence-corrected chi connectivity index (χ2v) is 5.15. The lowest BCUT2D eigenvalue weighted by Crippen LogP contribution is -2.15. The molecule has 0 radical (unpaired) electrons. The summed E-state index contributed by atoms with van der Waals surface area (Å²) in [4.78, 5) is 8.77. The molecule has 5 heteroatoms. The van der Waals surface area contributed by atoms with E-state index in [1.807, 2.05) is 37.3 Å². The Labute approximate surface area is 124 Å². The van der Waals surface area contributed by atoms with E-state index in [4.69, 9.17) is 11.6 Å². The zero-order valence-electron chi connectivity index (χ0n) is 11.9. The Bertz CT molecular complexity index is 586. The highest BCUT2D eigenvalue weighted by atomic mass is 35.5. The quantitative estimate of drug-likeness (QED) is 0.857. The molecule has 106 valence electrons. The van der Waals surface area contributed by atoms with Crippen LogP contribution < -0.4 is 10.6 Å². The molecule has 0 saturated carbocycles. The molecule has 2 rings (SSSR count). The molecular weight excluding hydrogens is 272 g/mol. The van der Waals surface area contributed by atoms with Crippen molar-refractivity contribution in [3.05, 3.63) is 41.2 Å². The van der Waals surface area contributed by atoms with Gasteiger partial charge in [-0.2, -0.15) is 0 Å². The summed E-state index contributed by atoms with van der Waals surface area (Å²) in [5.41, 5.74) is 0.835. The van der Waals surface area contributed by atoms with Crippen molar-refractivity contribution in [2.24, 2.45) is 0 Å². The minimum atomic E-state index is 0.373. The zero-order chi connectivity index (χ0) is 14.5. The largest absolute Gasteiger partial charge is 0.367 e. The molecule has 0 fully saturated rings. The van der Waals surface area contributed by atoms with Crippen molar-refractivity contribution >= 4 is 28.9 Å². The maximum absolute atomic E-state index is 6.14. The fraction of sp³-hybridized carbons (Fsp3) is 0.333. The van der Waals surface area contributed by atoms with Crippen LogP contribution in [0.5, 0.6) is 0 Å². The van der Waals surface area contributed by atoms with Crippen LogP contribution in [-0.2, 0) is 0 Å². The summed E-state index contributed by atoms with van der Waals surface area (Å²) in [5.74, 6) is 2.27. The Balaban J connectivity index is 2.22. The monoisotopic (exact) mass is 290 g/mol. The number of halogens is 1. The van der Waals surface area contributed by atoms with Gasteiger partial charge in [0.1, 0.15) is 17.5 Å². The number of hydrogen-bond acceptors (Lipinski definition) is 4. The summed E-state index contributed by atoms with van der Waals surface area (Å²) in [6, 6.07) is 9.85. The van der Waals surface area contributed by atoms with E-state index in [0.29, 0.717) is 16.9 Å². The van der Waals surface area contributed by atoms with Gasteiger partial charge in [-0.05, 0) is 32.4 Å². The van der Waals surface area contributed by atoms with Crippen molar-refractivity contribution in [3.63, 3.8) is 0 Å². The average molecular weight is 291 g/mol. The number of para-hydroxylation sites is 1. The Morgan fingerprint density at radius 3 is 2.60 bits per heavy atom. The summed E-state index contributed by atoms with van der Waals surface area (Å²) in [6.07, 6.45) is 1.04. The second-order valence-electron chi connectivity index (χ2n) is 4.74. The van der Waals surface area contributed by atoms with Gasteiger partial charge in [0.25, 0.3) is 0 Å². The molecule has 0 bridgehead atoms. The highest BCUT2D eigenvalue weighted by Gasteiger charge is 2.06. The maximum atomic E-state index is 6.14. The minimum Gasteiger partial charge on any atom is -0.367 e. The maximum Gasteiger partial charge on any atom is 0.136 e. The highest BCUT2D eigenvalue weighted by Crippen LogP contribution is 2.24. The number of anilines is 3. The molecule has 2 aromatic rings. The molecule has 1 unspecified atom stereocenters. The Kier molecular flexibility index (Phi) is 4.79. The molecular formula is C15H19ClN4. The Hall–Kier alpha value is -1.81. The van der Waals surface area contributed by atoms with Crippen LogP contribution in [0.2, 0.25) is 5.02 Å². The van der Waals surface area contributed by atoms with E-state index < -0.39 is 0 Å². The molecule has 0 aliphatic carbocycles. The van der Waals surface area contributed by atoms with Gasteiger partial charge in [0, 0.05) is 12.1 Å². The summed E-state index contributed by atoms with van der Waals surface area (Å²) in [7, 11) is 0. The predicted octanol–water partition coefficient (Wildman–Crippen LogP) is 4.39. The number of nitrogens with zero attached hydrogens (tertiary/aromatic N) is 2. The van der Waals surface area contributed by atoms with Crippen LogP contribution in [-0.4, -0.2) is 16.0 Å². The lowest BCUT2D eigenvalue weighted by Gasteiger charge is -2.14. The molecule has 1 aromatic heterocycles. The van der Waals surface area contributed by atoms with Gasteiger partial charge < -0.3 is 10.6 Å². The number of benzene rings is 1. The van der Waals surface area contributed by atoms with E-state index in [1.54, 1.807) is 0 Å². The van der Waals surface area contributed by atoms with Crippen LogP contribution in [0.4, 0.5) is 17.3 Å². The summed E-state index contributed by atoms with van der Waals surface area (Å²) >= 11 is 6.14. The van der Waals surface area contributed by atoms with Crippen LogP contribution in [0.1, 0.15) is 26.1 Å². The molecule has 0 aliphatic heterocycles. The van der Waals surface area contributed by atoms with Crippen LogP contribution in [0.15, 0.2) is 30.3 Å². The van der Waals surface area contributed by atoms with Crippen molar-refractivity contribution < 1.29 is 0 Å². The van der Waals surface area contributed by atoms with E-state index in [1.165, 1.54) is 0 Å². The molecule has 2 N–H and O–H groups in total. The van der Waals surface area contributed by atoms with Crippen LogP contribution in [0.25, 0.3) is 0 Å². The molecule has 0 amide bonds. The third-order valence-electron chi connectivity index (χ3n) is 2.98. The fourth-order valence-corrected chi connectivity index (χ4v) is 1.94. The van der Waals surface area contributed by atoms with E-state index in [9.17, 15) is 0 Å². The summed E-state index contributed by atoms with van der Waals surface area (Å²) in [5, 5.41) is 7.24. The number of nitrogens with one attached hydrogen (secondary N) is 2. The SMILES string of the molecule is CCC(C)Nc1cc(Nc2ccccc2Cl)nc(C)n1. The molecule has 1 atom stereocenters. The molecule has 1 heterocycles. The first-order valence-electron chi connectivity index (χ1n) is 6.72. The first-order valence-corrected chi connectivity index (χ1v) is 7.10. The van der Waals surface area contributed by atoms with Gasteiger partial charge in [-0.3, -0.25) is 0 Å². The van der Waals surface area contributed by atoms with Crippen LogP contribution in [0, 0.1) is 6.92 Å². The van der Waals surface area contributed by atoms with E-state index in [-0.39, 0.29) is 0 Å². The molecule has 20 heavy (non-hydrogen) atoms. The van der Waals surface area contributed by atoms with E-state index in [0.717, 1.165) is 23.7 Å². The predicted molar refractivity (Wildman–Crippen MR) is 84.9 cm³/mol. The normalized spacial score (nSPS) is 12.0. The van der Waals surface area contributed by atoms with Gasteiger partial charge in [0.15, 0.2) is 0 Å².